The number of anilines is 1. The van der Waals surface area contributed by atoms with Crippen LogP contribution in [-0.2, 0) is 22.3 Å². The van der Waals surface area contributed by atoms with Crippen LogP contribution in [0.5, 0.6) is 0 Å². The Bertz CT molecular complexity index is 1100. The molecule has 0 saturated carbocycles. The molecule has 0 amide bonds. The summed E-state index contributed by atoms with van der Waals surface area (Å²) in [6.07, 6.45) is 1.01. The molecule has 1 atom stereocenters. The predicted molar refractivity (Wildman–Crippen MR) is 109 cm³/mol. The molecule has 0 bridgehead atoms. The fourth-order valence-corrected chi connectivity index (χ4v) is 5.27. The van der Waals surface area contributed by atoms with Gasteiger partial charge in [0.2, 0.25) is 0 Å². The van der Waals surface area contributed by atoms with E-state index >= 15 is 0 Å². The summed E-state index contributed by atoms with van der Waals surface area (Å²) in [5, 5.41) is 6.32. The van der Waals surface area contributed by atoms with Crippen LogP contribution in [0, 0.1) is 0 Å². The summed E-state index contributed by atoms with van der Waals surface area (Å²) in [7, 11) is -1.57. The number of nitrogens with one attached hydrogen (secondary N) is 1. The molecule has 2 aromatic heterocycles. The van der Waals surface area contributed by atoms with Crippen LogP contribution < -0.4 is 4.72 Å². The van der Waals surface area contributed by atoms with E-state index in [1.807, 2.05) is 4.57 Å². The number of benzene rings is 1. The molecule has 1 N–H and O–H groups in total. The fraction of sp³-hybridized carbons (Fsp3) is 0.353. The number of imidazole rings is 1. The molecule has 3 heterocycles. The second-order valence-electron chi connectivity index (χ2n) is 7.17. The average molecular weight is 440 g/mol. The molecule has 1 aromatic carbocycles. The van der Waals surface area contributed by atoms with Gasteiger partial charge in [0.1, 0.15) is 5.60 Å². The standard InChI is InChI=1S/C17H18ClN5O3S2/c1-17(2,3)26-16(24)23-12-5-4-11(8-10(12)9-19-23)21-28(25)14-13(18)20-15-22(14)6-7-27-15/h4-5,8-9,21H,6-7H2,1-3H3. The Morgan fingerprint density at radius 3 is 2.93 bits per heavy atom. The van der Waals surface area contributed by atoms with Gasteiger partial charge in [-0.1, -0.05) is 23.4 Å². The van der Waals surface area contributed by atoms with Gasteiger partial charge in [0, 0.05) is 23.4 Å². The van der Waals surface area contributed by atoms with Gasteiger partial charge in [0.05, 0.1) is 11.7 Å². The van der Waals surface area contributed by atoms with Crippen molar-refractivity contribution in [2.75, 3.05) is 10.5 Å². The monoisotopic (exact) mass is 439 g/mol. The molecule has 11 heteroatoms. The van der Waals surface area contributed by atoms with Gasteiger partial charge in [-0.15, -0.1) is 0 Å². The van der Waals surface area contributed by atoms with Gasteiger partial charge in [0.25, 0.3) is 0 Å². The lowest BCUT2D eigenvalue weighted by atomic mass is 10.2. The number of hydrogen-bond acceptors (Lipinski definition) is 6. The van der Waals surface area contributed by atoms with Crippen molar-refractivity contribution in [3.63, 3.8) is 0 Å². The predicted octanol–water partition coefficient (Wildman–Crippen LogP) is 3.91. The van der Waals surface area contributed by atoms with E-state index in [2.05, 4.69) is 14.8 Å². The Balaban J connectivity index is 1.58. The van der Waals surface area contributed by atoms with Crippen LogP contribution in [0.15, 0.2) is 34.6 Å². The zero-order chi connectivity index (χ0) is 20.1. The molecule has 1 aliphatic heterocycles. The van der Waals surface area contributed by atoms with E-state index in [-0.39, 0.29) is 5.15 Å². The number of halogens is 1. The molecular weight excluding hydrogens is 422 g/mol. The highest BCUT2D eigenvalue weighted by Gasteiger charge is 2.25. The lowest BCUT2D eigenvalue weighted by molar-refractivity contribution is 0.0522. The smallest absolute Gasteiger partial charge is 0.435 e. The molecule has 8 nitrogen and oxygen atoms in total. The quantitative estimate of drug-likeness (QED) is 0.665. The number of rotatable bonds is 3. The maximum atomic E-state index is 12.8. The topological polar surface area (TPSA) is 91.0 Å². The highest BCUT2D eigenvalue weighted by atomic mass is 35.5. The van der Waals surface area contributed by atoms with Gasteiger partial charge in [-0.05, 0) is 39.0 Å². The number of nitrogens with zero attached hydrogens (tertiary/aromatic N) is 4. The summed E-state index contributed by atoms with van der Waals surface area (Å²) in [5.41, 5.74) is 0.605. The minimum absolute atomic E-state index is 0.242. The Kier molecular flexibility index (Phi) is 4.88. The van der Waals surface area contributed by atoms with Crippen molar-refractivity contribution in [2.24, 2.45) is 0 Å². The SMILES string of the molecule is CC(C)(C)OC(=O)n1ncc2cc(NS(=O)c3c(Cl)nc4n3CCS4)ccc21. The molecule has 3 aromatic rings. The summed E-state index contributed by atoms with van der Waals surface area (Å²) in [6, 6.07) is 5.22. The summed E-state index contributed by atoms with van der Waals surface area (Å²) in [6.45, 7) is 6.12. The highest BCUT2D eigenvalue weighted by molar-refractivity contribution is 7.99. The van der Waals surface area contributed by atoms with Crippen LogP contribution in [0.2, 0.25) is 5.15 Å². The third-order valence-electron chi connectivity index (χ3n) is 3.91. The molecule has 0 spiro atoms. The van der Waals surface area contributed by atoms with Gasteiger partial charge in [-0.25, -0.2) is 14.0 Å². The molecular formula is C17H18ClN5O3S2. The van der Waals surface area contributed by atoms with Crippen molar-refractivity contribution >= 4 is 57.0 Å². The summed E-state index contributed by atoms with van der Waals surface area (Å²) in [4.78, 5) is 16.5. The van der Waals surface area contributed by atoms with E-state index in [1.165, 1.54) is 4.68 Å². The second kappa shape index (κ2) is 7.09. The second-order valence-corrected chi connectivity index (χ2v) is 9.72. The number of aromatic nitrogens is 4. The Morgan fingerprint density at radius 1 is 1.39 bits per heavy atom. The molecule has 28 heavy (non-hydrogen) atoms. The first-order valence-electron chi connectivity index (χ1n) is 8.51. The average Bonchev–Trinajstić information content (AvgIpc) is 3.26. The minimum Gasteiger partial charge on any atom is -0.442 e. The Morgan fingerprint density at radius 2 is 2.18 bits per heavy atom. The van der Waals surface area contributed by atoms with Gasteiger partial charge < -0.3 is 9.30 Å². The van der Waals surface area contributed by atoms with Crippen molar-refractivity contribution in [2.45, 2.75) is 43.1 Å². The number of ether oxygens (including phenoxy) is 1. The van der Waals surface area contributed by atoms with Crippen LogP contribution in [-0.4, -0.2) is 41.0 Å². The Labute approximate surface area is 173 Å². The van der Waals surface area contributed by atoms with E-state index in [0.29, 0.717) is 21.6 Å². The lowest BCUT2D eigenvalue weighted by Crippen LogP contribution is -2.27. The van der Waals surface area contributed by atoms with Crippen molar-refractivity contribution in [3.8, 4) is 0 Å². The number of carbonyl (C=O) groups excluding carboxylic acids is 1. The third kappa shape index (κ3) is 3.63. The van der Waals surface area contributed by atoms with E-state index in [9.17, 15) is 9.00 Å². The van der Waals surface area contributed by atoms with E-state index in [1.54, 1.807) is 56.9 Å². The van der Waals surface area contributed by atoms with Gasteiger partial charge in [-0.3, -0.25) is 4.72 Å². The van der Waals surface area contributed by atoms with Crippen LogP contribution in [0.3, 0.4) is 0 Å². The molecule has 0 fully saturated rings. The zero-order valence-electron chi connectivity index (χ0n) is 15.4. The first-order valence-corrected chi connectivity index (χ1v) is 11.0. The maximum Gasteiger partial charge on any atom is 0.435 e. The summed E-state index contributed by atoms with van der Waals surface area (Å²) in [5.74, 6) is 0.888. The van der Waals surface area contributed by atoms with Crippen molar-refractivity contribution in [3.05, 3.63) is 29.5 Å². The lowest BCUT2D eigenvalue weighted by Gasteiger charge is -2.19. The van der Waals surface area contributed by atoms with Crippen molar-refractivity contribution < 1.29 is 13.7 Å². The summed E-state index contributed by atoms with van der Waals surface area (Å²) < 4.78 is 24.2. The number of fused-ring (bicyclic) bond motifs is 2. The van der Waals surface area contributed by atoms with Crippen LogP contribution in [0.4, 0.5) is 10.5 Å². The zero-order valence-corrected chi connectivity index (χ0v) is 17.8. The number of carbonyl (C=O) groups is 1. The highest BCUT2D eigenvalue weighted by Crippen LogP contribution is 2.32. The normalized spacial score (nSPS) is 14.9. The number of thioether (sulfide) groups is 1. The molecule has 0 radical (unpaired) electrons. The number of hydrogen-bond donors (Lipinski definition) is 1. The van der Waals surface area contributed by atoms with Crippen molar-refractivity contribution in [1.82, 2.24) is 19.3 Å². The van der Waals surface area contributed by atoms with Crippen LogP contribution in [0.1, 0.15) is 20.8 Å². The Hall–Kier alpha value is -2.04. The van der Waals surface area contributed by atoms with Crippen LogP contribution in [0.25, 0.3) is 10.9 Å². The largest absolute Gasteiger partial charge is 0.442 e. The maximum absolute atomic E-state index is 12.8. The van der Waals surface area contributed by atoms with Crippen molar-refractivity contribution in [1.29, 1.82) is 0 Å². The third-order valence-corrected chi connectivity index (χ3v) is 6.43. The molecule has 1 unspecified atom stereocenters. The van der Waals surface area contributed by atoms with Gasteiger partial charge in [-0.2, -0.15) is 9.78 Å². The van der Waals surface area contributed by atoms with E-state index in [4.69, 9.17) is 16.3 Å². The fourth-order valence-electron chi connectivity index (χ4n) is 2.81. The molecule has 0 aliphatic carbocycles. The first-order chi connectivity index (χ1) is 13.2. The molecule has 148 valence electrons. The first kappa shape index (κ1) is 19.3. The van der Waals surface area contributed by atoms with E-state index in [0.717, 1.165) is 17.5 Å². The summed E-state index contributed by atoms with van der Waals surface area (Å²) >= 11 is 7.75. The van der Waals surface area contributed by atoms with Gasteiger partial charge >= 0.3 is 6.09 Å². The van der Waals surface area contributed by atoms with Gasteiger partial charge in [0.15, 0.2) is 26.3 Å². The van der Waals surface area contributed by atoms with Crippen LogP contribution >= 0.6 is 23.4 Å². The minimum atomic E-state index is -1.57. The molecule has 0 saturated heterocycles. The molecule has 1 aliphatic rings. The van der Waals surface area contributed by atoms with E-state index < -0.39 is 22.7 Å². The molecule has 4 rings (SSSR count).